The van der Waals surface area contributed by atoms with Crippen LogP contribution < -0.4 is 86.3 Å². The third-order valence-corrected chi connectivity index (χ3v) is 18.0. The van der Waals surface area contributed by atoms with Crippen LogP contribution in [0.25, 0.3) is 10.9 Å². The topological polar surface area (TPSA) is 653 Å². The van der Waals surface area contributed by atoms with Gasteiger partial charge < -0.3 is 122 Å². The van der Waals surface area contributed by atoms with E-state index in [2.05, 4.69) is 96.7 Å². The number of aliphatic hydroxyl groups is 3. The minimum Gasteiger partial charge on any atom is -0.480 e. The number of imidazole rings is 1. The lowest BCUT2D eigenvalue weighted by Gasteiger charge is -2.30. The summed E-state index contributed by atoms with van der Waals surface area (Å²) in [6.45, 7) is 10.9. The van der Waals surface area contributed by atoms with Gasteiger partial charge in [-0.25, -0.2) is 9.78 Å². The lowest BCUT2D eigenvalue weighted by atomic mass is 10.0. The molecule has 1 saturated heterocycles. The van der Waals surface area contributed by atoms with Crippen LogP contribution >= 0.6 is 12.6 Å². The minimum absolute atomic E-state index is 0.0405. The molecule has 0 unspecified atom stereocenters. The summed E-state index contributed by atoms with van der Waals surface area (Å²) in [4.78, 5) is 240. The Kier molecular flexibility index (Phi) is 37.3. The van der Waals surface area contributed by atoms with Crippen molar-refractivity contribution in [3.8, 4) is 0 Å². The van der Waals surface area contributed by atoms with Crippen molar-refractivity contribution in [1.29, 1.82) is 0 Å². The fourth-order valence-corrected chi connectivity index (χ4v) is 11.8. The number of fused-ring (bicyclic) bond motifs is 1. The van der Waals surface area contributed by atoms with E-state index in [0.29, 0.717) is 22.9 Å². The number of nitrogens with one attached hydrogen (secondary N) is 15. The molecule has 1 aliphatic heterocycles. The monoisotopic (exact) mass is 1580 g/mol. The molecule has 15 atom stereocenters. The van der Waals surface area contributed by atoms with E-state index in [0.717, 1.165) is 4.90 Å². The predicted octanol–water partition coefficient (Wildman–Crippen LogP) is -7.76. The van der Waals surface area contributed by atoms with Gasteiger partial charge in [-0.1, -0.05) is 59.7 Å². The molecule has 0 radical (unpaired) electrons. The second-order valence-electron chi connectivity index (χ2n) is 28.1. The van der Waals surface area contributed by atoms with Crippen molar-refractivity contribution in [2.24, 2.45) is 35.0 Å². The van der Waals surface area contributed by atoms with Crippen LogP contribution in [0.15, 0.2) is 43.0 Å². The number of thiol groups is 1. The van der Waals surface area contributed by atoms with Crippen molar-refractivity contribution in [2.45, 2.75) is 211 Å². The molecule has 3 aromatic rings. The van der Waals surface area contributed by atoms with Crippen molar-refractivity contribution in [3.05, 3.63) is 54.2 Å². The Bertz CT molecular complexity index is 3780. The number of H-pyrrole nitrogens is 2. The number of hydrogen-bond acceptors (Lipinski definition) is 23. The number of aliphatic carboxylic acids is 1. The molecule has 2 aromatic heterocycles. The fourth-order valence-electron chi connectivity index (χ4n) is 11.5. The molecule has 42 heteroatoms. The number of carbonyl (C=O) groups is 17. The quantitative estimate of drug-likeness (QED) is 0.0234. The summed E-state index contributed by atoms with van der Waals surface area (Å²) in [6, 6.07) is -16.0. The Morgan fingerprint density at radius 2 is 0.964 bits per heavy atom. The molecular formula is C69H106N20O21S. The van der Waals surface area contributed by atoms with Gasteiger partial charge >= 0.3 is 5.97 Å². The number of amides is 16. The van der Waals surface area contributed by atoms with Gasteiger partial charge in [-0.3, -0.25) is 76.7 Å². The van der Waals surface area contributed by atoms with Crippen molar-refractivity contribution >= 4 is 124 Å². The zero-order valence-electron chi connectivity index (χ0n) is 63.1. The minimum atomic E-state index is -1.90. The molecule has 614 valence electrons. The predicted molar refractivity (Wildman–Crippen MR) is 398 cm³/mol. The summed E-state index contributed by atoms with van der Waals surface area (Å²) in [5.41, 5.74) is 17.7. The van der Waals surface area contributed by atoms with E-state index in [4.69, 9.17) is 17.2 Å². The first-order valence-electron chi connectivity index (χ1n) is 36.0. The number of aromatic nitrogens is 3. The standard InChI is InChI=1S/C69H106N20O21S/c1-31(2)19-43(61(101)83-46(23-53(72)94)63(103)84-47(20-32(3)4)68(108)89-18-12-15-51(89)69(109)110)81-64(104)49(28-92)86-66(106)50(29-111)87-62(102)45(22-38-25-73-30-75-38)80-56(96)34(7)77-60(100)44(21-37-24-74-41-14-11-10-13-39(37)41)82-65(105)48(27-91)85-59(99)42(16-17-52(71)93)79-55(95)35(8)78-67(107)54(33(5)6)88-57(97)36(9)76-58(98)40(70)26-90/h10-11,13-14,24-25,30-36,40,42-51,54,74,90-92,111H,12,15-23,26-29,70H2,1-9H3,(H2,71,93)(H2,72,94)(H,73,75)(H,76,98)(H,77,100)(H,78,107)(H,79,95)(H,80,96)(H,81,104)(H,82,105)(H,83,101)(H,84,103)(H,85,99)(H,86,106)(H,87,102)(H,88,97)(H,109,110)/t34-,35-,36-,40-,42-,43-,44-,45-,46-,47-,48-,49-,50-,51-,54-/m0/s1. The van der Waals surface area contributed by atoms with Crippen LogP contribution in [0.4, 0.5) is 0 Å². The first-order chi connectivity index (χ1) is 52.2. The van der Waals surface area contributed by atoms with Crippen LogP contribution in [0.2, 0.25) is 0 Å². The largest absolute Gasteiger partial charge is 0.480 e. The van der Waals surface area contributed by atoms with Crippen molar-refractivity contribution in [3.63, 3.8) is 0 Å². The highest BCUT2D eigenvalue weighted by atomic mass is 32.1. The summed E-state index contributed by atoms with van der Waals surface area (Å²) in [6.07, 6.45) is 2.17. The van der Waals surface area contributed by atoms with E-state index in [1.807, 2.05) is 0 Å². The van der Waals surface area contributed by atoms with E-state index < -0.39 is 242 Å². The van der Waals surface area contributed by atoms with Crippen molar-refractivity contribution in [2.75, 3.05) is 32.1 Å². The van der Waals surface area contributed by atoms with E-state index in [1.54, 1.807) is 72.0 Å². The lowest BCUT2D eigenvalue weighted by molar-refractivity contribution is -0.149. The molecule has 0 bridgehead atoms. The van der Waals surface area contributed by atoms with Gasteiger partial charge in [-0.15, -0.1) is 0 Å². The van der Waals surface area contributed by atoms with Gasteiger partial charge in [0.05, 0.1) is 32.6 Å². The maximum atomic E-state index is 14.5. The molecule has 111 heavy (non-hydrogen) atoms. The summed E-state index contributed by atoms with van der Waals surface area (Å²) in [5, 5.41) is 72.1. The number of nitrogens with zero attached hydrogens (tertiary/aromatic N) is 2. The number of primary amides is 2. The number of hydrogen-bond donors (Lipinski definition) is 23. The van der Waals surface area contributed by atoms with Crippen molar-refractivity contribution < 1.29 is 102 Å². The Morgan fingerprint density at radius 1 is 0.514 bits per heavy atom. The Labute approximate surface area is 644 Å². The molecular weight excluding hydrogens is 1480 g/mol. The molecule has 0 saturated carbocycles. The van der Waals surface area contributed by atoms with Gasteiger partial charge in [0.2, 0.25) is 94.5 Å². The molecule has 16 amide bonds. The van der Waals surface area contributed by atoms with Crippen LogP contribution in [0, 0.1) is 17.8 Å². The zero-order valence-corrected chi connectivity index (χ0v) is 64.0. The maximum absolute atomic E-state index is 14.5. The van der Waals surface area contributed by atoms with E-state index in [1.165, 1.54) is 33.3 Å². The Hall–Kier alpha value is -10.8. The van der Waals surface area contributed by atoms with Crippen LogP contribution in [-0.4, -0.2) is 264 Å². The summed E-state index contributed by atoms with van der Waals surface area (Å²) >= 11 is 4.23. The molecule has 1 aromatic carbocycles. The third kappa shape index (κ3) is 29.2. The first-order valence-corrected chi connectivity index (χ1v) is 36.6. The second kappa shape index (κ2) is 44.7. The first kappa shape index (κ1) is 92.5. The van der Waals surface area contributed by atoms with Gasteiger partial charge in [-0.05, 0) is 82.3 Å². The van der Waals surface area contributed by atoms with Gasteiger partial charge in [0.1, 0.15) is 90.6 Å². The number of benzene rings is 1. The molecule has 1 fully saturated rings. The van der Waals surface area contributed by atoms with Crippen LogP contribution in [0.5, 0.6) is 0 Å². The number of aromatic amines is 2. The average molecular weight is 1580 g/mol. The van der Waals surface area contributed by atoms with Gasteiger partial charge in [0.25, 0.3) is 0 Å². The number of rotatable bonds is 46. The highest BCUT2D eigenvalue weighted by molar-refractivity contribution is 7.80. The molecule has 25 N–H and O–H groups in total. The molecule has 0 aliphatic carbocycles. The number of para-hydroxylation sites is 1. The Balaban J connectivity index is 1.50. The highest BCUT2D eigenvalue weighted by Gasteiger charge is 2.41. The smallest absolute Gasteiger partial charge is 0.326 e. The highest BCUT2D eigenvalue weighted by Crippen LogP contribution is 2.22. The SMILES string of the molecule is CC(C)C[C@H](NC(=O)[C@H](CO)NC(=O)[C@H](CS)NC(=O)[C@H](Cc1cnc[nH]1)NC(=O)[C@H](C)NC(=O)[C@H](Cc1c[nH]c2ccccc12)NC(=O)[C@H](CO)NC(=O)[C@H](CCC(N)=O)NC(=O)[C@H](C)NC(=O)[C@@H](NC(=O)[C@H](C)NC(=O)[C@@H](N)CO)C(C)C)C(=O)N[C@@H](CC(N)=O)C(=O)N[C@@H](CC(C)C)C(=O)N1CCC[C@H]1C(=O)O. The fraction of sp³-hybridized carbons (Fsp3) is 0.594. The Morgan fingerprint density at radius 3 is 1.50 bits per heavy atom. The number of carboxylic acids is 1. The van der Waals surface area contributed by atoms with Gasteiger partial charge in [0, 0.05) is 60.6 Å². The summed E-state index contributed by atoms with van der Waals surface area (Å²) in [7, 11) is 0. The summed E-state index contributed by atoms with van der Waals surface area (Å²) < 4.78 is 0. The molecule has 3 heterocycles. The summed E-state index contributed by atoms with van der Waals surface area (Å²) in [5.74, 6) is -18.9. The number of likely N-dealkylation sites (tertiary alicyclic amines) is 1. The van der Waals surface area contributed by atoms with Gasteiger partial charge in [0.15, 0.2) is 0 Å². The lowest BCUT2D eigenvalue weighted by Crippen LogP contribution is -2.62. The zero-order chi connectivity index (χ0) is 83.3. The normalized spacial score (nSPS) is 16.5. The second-order valence-corrected chi connectivity index (χ2v) is 28.5. The number of carboxylic acid groups (broad SMARTS) is 1. The van der Waals surface area contributed by atoms with Crippen molar-refractivity contribution in [1.82, 2.24) is 89.0 Å². The van der Waals surface area contributed by atoms with E-state index >= 15 is 0 Å². The number of nitrogens with two attached hydrogens (primary N) is 3. The van der Waals surface area contributed by atoms with E-state index in [9.17, 15) is 102 Å². The van der Waals surface area contributed by atoms with Crippen LogP contribution in [-0.2, 0) is 94.3 Å². The molecule has 0 spiro atoms. The third-order valence-electron chi connectivity index (χ3n) is 17.7. The average Bonchev–Trinajstić information content (AvgIpc) is 1.81. The number of aliphatic hydroxyl groups excluding tert-OH is 3. The number of carbonyl (C=O) groups excluding carboxylic acids is 16. The van der Waals surface area contributed by atoms with Crippen LogP contribution in [0.1, 0.15) is 119 Å². The van der Waals surface area contributed by atoms with Gasteiger partial charge in [-0.2, -0.15) is 12.6 Å². The maximum Gasteiger partial charge on any atom is 0.326 e. The van der Waals surface area contributed by atoms with Crippen LogP contribution in [0.3, 0.4) is 0 Å². The van der Waals surface area contributed by atoms with E-state index in [-0.39, 0.29) is 56.2 Å². The molecule has 4 rings (SSSR count). The molecule has 1 aliphatic rings. The molecule has 41 nitrogen and oxygen atoms in total.